The third-order valence-electron chi connectivity index (χ3n) is 3.13. The van der Waals surface area contributed by atoms with Crippen LogP contribution in [0.5, 0.6) is 0 Å². The molecule has 0 unspecified atom stereocenters. The second-order valence-corrected chi connectivity index (χ2v) is 4.86. The van der Waals surface area contributed by atoms with E-state index in [1.807, 2.05) is 36.4 Å². The van der Waals surface area contributed by atoms with E-state index >= 15 is 0 Å². The van der Waals surface area contributed by atoms with Crippen LogP contribution in [0.2, 0.25) is 0 Å². The number of tetrazole rings is 1. The van der Waals surface area contributed by atoms with Crippen molar-refractivity contribution < 1.29 is 14.3 Å². The molecule has 0 aliphatic heterocycles. The number of nitrogens with one attached hydrogen (secondary N) is 1. The number of ether oxygens (including phenoxy) is 1. The summed E-state index contributed by atoms with van der Waals surface area (Å²) in [5.41, 5.74) is 0.911. The molecular formula is C15H16N6O3. The first-order chi connectivity index (χ1) is 11.7. The maximum atomic E-state index is 12.3. The topological polar surface area (TPSA) is 123 Å². The number of nitriles is 1. The number of rotatable bonds is 8. The van der Waals surface area contributed by atoms with Crippen LogP contribution in [0.15, 0.2) is 36.7 Å². The van der Waals surface area contributed by atoms with Gasteiger partial charge in [-0.25, -0.2) is 9.48 Å². The summed E-state index contributed by atoms with van der Waals surface area (Å²) >= 11 is 0. The lowest BCUT2D eigenvalue weighted by atomic mass is 10.1. The first-order valence-corrected chi connectivity index (χ1v) is 7.27. The number of aromatic nitrogens is 4. The van der Waals surface area contributed by atoms with Gasteiger partial charge in [0.05, 0.1) is 12.5 Å². The summed E-state index contributed by atoms with van der Waals surface area (Å²) in [6, 6.07) is 10.5. The summed E-state index contributed by atoms with van der Waals surface area (Å²) in [6.45, 7) is -0.203. The molecule has 124 valence electrons. The quantitative estimate of drug-likeness (QED) is 0.535. The van der Waals surface area contributed by atoms with Crippen LogP contribution in [-0.4, -0.2) is 45.2 Å². The number of amides is 1. The highest BCUT2D eigenvalue weighted by molar-refractivity contribution is 5.81. The molecule has 1 atom stereocenters. The number of hydrogen-bond donors (Lipinski definition) is 1. The molecule has 0 bridgehead atoms. The van der Waals surface area contributed by atoms with E-state index in [1.165, 1.54) is 11.0 Å². The molecule has 0 fully saturated rings. The standard InChI is InChI=1S/C15H16N6O3/c16-7-4-8-17-14(22)10-24-15(23)13(21-11-18-19-20-21)9-12-5-2-1-3-6-12/h1-3,5-6,11,13H,4,8-10H2,(H,17,22)/t13-/m0/s1. The van der Waals surface area contributed by atoms with Crippen molar-refractivity contribution in [2.24, 2.45) is 0 Å². The largest absolute Gasteiger partial charge is 0.454 e. The first kappa shape index (κ1) is 17.1. The summed E-state index contributed by atoms with van der Waals surface area (Å²) in [5.74, 6) is -1.07. The molecule has 1 N–H and O–H groups in total. The normalized spacial score (nSPS) is 11.3. The van der Waals surface area contributed by atoms with E-state index in [1.54, 1.807) is 0 Å². The van der Waals surface area contributed by atoms with Gasteiger partial charge in [-0.1, -0.05) is 30.3 Å². The van der Waals surface area contributed by atoms with Crippen LogP contribution >= 0.6 is 0 Å². The van der Waals surface area contributed by atoms with Crippen molar-refractivity contribution in [3.8, 4) is 6.07 Å². The Bertz CT molecular complexity index is 696. The molecule has 0 radical (unpaired) electrons. The summed E-state index contributed by atoms with van der Waals surface area (Å²) in [6.07, 6.45) is 1.85. The Kier molecular flexibility index (Phi) is 6.40. The average molecular weight is 328 g/mol. The van der Waals surface area contributed by atoms with Crippen molar-refractivity contribution in [3.05, 3.63) is 42.2 Å². The predicted octanol–water partition coefficient (Wildman–Crippen LogP) is 0.0300. The van der Waals surface area contributed by atoms with Crippen molar-refractivity contribution in [1.29, 1.82) is 5.26 Å². The number of nitrogens with zero attached hydrogens (tertiary/aromatic N) is 5. The number of hydrogen-bond acceptors (Lipinski definition) is 7. The van der Waals surface area contributed by atoms with Crippen LogP contribution in [0, 0.1) is 11.3 Å². The maximum absolute atomic E-state index is 12.3. The molecule has 0 aliphatic rings. The van der Waals surface area contributed by atoms with Gasteiger partial charge >= 0.3 is 5.97 Å². The molecule has 24 heavy (non-hydrogen) atoms. The molecule has 1 aromatic heterocycles. The molecular weight excluding hydrogens is 312 g/mol. The third-order valence-corrected chi connectivity index (χ3v) is 3.13. The minimum absolute atomic E-state index is 0.195. The molecule has 0 saturated heterocycles. The Morgan fingerprint density at radius 3 is 2.79 bits per heavy atom. The van der Waals surface area contributed by atoms with Crippen LogP contribution < -0.4 is 5.32 Å². The van der Waals surface area contributed by atoms with Crippen LogP contribution in [-0.2, 0) is 20.7 Å². The minimum Gasteiger partial charge on any atom is -0.454 e. The van der Waals surface area contributed by atoms with Crippen LogP contribution in [0.1, 0.15) is 18.0 Å². The zero-order valence-corrected chi connectivity index (χ0v) is 12.8. The molecule has 0 spiro atoms. The van der Waals surface area contributed by atoms with E-state index in [9.17, 15) is 9.59 Å². The van der Waals surface area contributed by atoms with Crippen molar-refractivity contribution in [3.63, 3.8) is 0 Å². The van der Waals surface area contributed by atoms with Gasteiger partial charge < -0.3 is 10.1 Å². The van der Waals surface area contributed by atoms with Gasteiger partial charge in [0.25, 0.3) is 5.91 Å². The molecule has 0 aliphatic carbocycles. The average Bonchev–Trinajstić information content (AvgIpc) is 3.13. The van der Waals surface area contributed by atoms with Gasteiger partial charge in [-0.2, -0.15) is 5.26 Å². The molecule has 1 heterocycles. The van der Waals surface area contributed by atoms with Gasteiger partial charge in [-0.15, -0.1) is 5.10 Å². The summed E-state index contributed by atoms with van der Waals surface area (Å²) in [5, 5.41) is 21.7. The fraction of sp³-hybridized carbons (Fsp3) is 0.333. The summed E-state index contributed by atoms with van der Waals surface area (Å²) in [7, 11) is 0. The Morgan fingerprint density at radius 2 is 2.12 bits per heavy atom. The van der Waals surface area contributed by atoms with Crippen LogP contribution in [0.4, 0.5) is 0 Å². The number of carbonyl (C=O) groups excluding carboxylic acids is 2. The Hall–Kier alpha value is -3.28. The number of carbonyl (C=O) groups is 2. The van der Waals surface area contributed by atoms with E-state index in [2.05, 4.69) is 20.8 Å². The van der Waals surface area contributed by atoms with Crippen LogP contribution in [0.25, 0.3) is 0 Å². The molecule has 2 aromatic rings. The lowest BCUT2D eigenvalue weighted by molar-refractivity contribution is -0.152. The van der Waals surface area contributed by atoms with E-state index in [0.717, 1.165) is 5.56 Å². The molecule has 2 rings (SSSR count). The van der Waals surface area contributed by atoms with Gasteiger partial charge in [-0.3, -0.25) is 4.79 Å². The van der Waals surface area contributed by atoms with Crippen LogP contribution in [0.3, 0.4) is 0 Å². The molecule has 1 amide bonds. The highest BCUT2D eigenvalue weighted by atomic mass is 16.5. The van der Waals surface area contributed by atoms with E-state index < -0.39 is 24.5 Å². The van der Waals surface area contributed by atoms with E-state index in [4.69, 9.17) is 10.00 Å². The minimum atomic E-state index is -0.769. The van der Waals surface area contributed by atoms with Gasteiger partial charge in [0.1, 0.15) is 6.33 Å². The lowest BCUT2D eigenvalue weighted by Gasteiger charge is -2.15. The van der Waals surface area contributed by atoms with Gasteiger partial charge in [-0.05, 0) is 16.0 Å². The molecule has 1 aromatic carbocycles. The first-order valence-electron chi connectivity index (χ1n) is 7.27. The smallest absolute Gasteiger partial charge is 0.331 e. The van der Waals surface area contributed by atoms with E-state index in [0.29, 0.717) is 6.42 Å². The Morgan fingerprint density at radius 1 is 1.33 bits per heavy atom. The maximum Gasteiger partial charge on any atom is 0.331 e. The van der Waals surface area contributed by atoms with Crippen molar-refractivity contribution in [2.45, 2.75) is 18.9 Å². The van der Waals surface area contributed by atoms with Gasteiger partial charge in [0, 0.05) is 13.0 Å². The van der Waals surface area contributed by atoms with Crippen molar-refractivity contribution in [2.75, 3.05) is 13.2 Å². The molecule has 0 saturated carbocycles. The summed E-state index contributed by atoms with van der Waals surface area (Å²) in [4.78, 5) is 23.9. The molecule has 9 nitrogen and oxygen atoms in total. The van der Waals surface area contributed by atoms with Crippen molar-refractivity contribution >= 4 is 11.9 Å². The van der Waals surface area contributed by atoms with Gasteiger partial charge in [0.15, 0.2) is 12.6 Å². The highest BCUT2D eigenvalue weighted by Gasteiger charge is 2.24. The monoisotopic (exact) mass is 328 g/mol. The molecule has 9 heteroatoms. The van der Waals surface area contributed by atoms with Gasteiger partial charge in [0.2, 0.25) is 0 Å². The second-order valence-electron chi connectivity index (χ2n) is 4.86. The lowest BCUT2D eigenvalue weighted by Crippen LogP contribution is -2.32. The third kappa shape index (κ3) is 5.17. The number of benzene rings is 1. The predicted molar refractivity (Wildman–Crippen MR) is 81.2 cm³/mol. The zero-order valence-electron chi connectivity index (χ0n) is 12.8. The Balaban J connectivity index is 1.96. The zero-order chi connectivity index (χ0) is 17.2. The SMILES string of the molecule is N#CCCNC(=O)COC(=O)[C@H](Cc1ccccc1)n1cnnn1. The highest BCUT2D eigenvalue weighted by Crippen LogP contribution is 2.14. The Labute approximate surface area is 138 Å². The summed E-state index contributed by atoms with van der Waals surface area (Å²) < 4.78 is 6.34. The van der Waals surface area contributed by atoms with Crippen molar-refractivity contribution in [1.82, 2.24) is 25.5 Å². The fourth-order valence-corrected chi connectivity index (χ4v) is 1.98. The second kappa shape index (κ2) is 8.99. The number of esters is 1. The fourth-order valence-electron chi connectivity index (χ4n) is 1.98. The van der Waals surface area contributed by atoms with E-state index in [-0.39, 0.29) is 13.0 Å².